The lowest BCUT2D eigenvalue weighted by Gasteiger charge is -2.15. The Labute approximate surface area is 93.8 Å². The van der Waals surface area contributed by atoms with E-state index < -0.39 is 6.10 Å². The van der Waals surface area contributed by atoms with Gasteiger partial charge in [0.25, 0.3) is 0 Å². The third-order valence-electron chi connectivity index (χ3n) is 2.53. The van der Waals surface area contributed by atoms with Gasteiger partial charge in [-0.15, -0.1) is 0 Å². The summed E-state index contributed by atoms with van der Waals surface area (Å²) >= 11 is 0. The van der Waals surface area contributed by atoms with Gasteiger partial charge in [-0.2, -0.15) is 0 Å². The minimum absolute atomic E-state index is 0.00586. The van der Waals surface area contributed by atoms with Gasteiger partial charge in [-0.05, 0) is 19.1 Å². The summed E-state index contributed by atoms with van der Waals surface area (Å²) in [5.41, 5.74) is 0.603. The Morgan fingerprint density at radius 1 is 1.50 bits per heavy atom. The van der Waals surface area contributed by atoms with Crippen molar-refractivity contribution in [1.29, 1.82) is 0 Å². The summed E-state index contributed by atoms with van der Waals surface area (Å²) in [5, 5.41) is 9.51. The molecule has 0 bridgehead atoms. The predicted molar refractivity (Wildman–Crippen MR) is 57.7 cm³/mol. The zero-order valence-corrected chi connectivity index (χ0v) is 9.05. The Kier molecular flexibility index (Phi) is 3.22. The topological polar surface area (TPSA) is 55.8 Å². The third-order valence-corrected chi connectivity index (χ3v) is 2.53. The molecule has 86 valence electrons. The van der Waals surface area contributed by atoms with Gasteiger partial charge >= 0.3 is 0 Å². The number of Topliss-reactive ketones (excluding diaryl/α,β-unsaturated/α-hetero) is 1. The van der Waals surface area contributed by atoms with Crippen LogP contribution < -0.4 is 4.74 Å². The van der Waals surface area contributed by atoms with Crippen LogP contribution in [0.15, 0.2) is 24.3 Å². The summed E-state index contributed by atoms with van der Waals surface area (Å²) in [6.45, 7) is 2.19. The Hall–Kier alpha value is -1.39. The second kappa shape index (κ2) is 4.63. The van der Waals surface area contributed by atoms with Gasteiger partial charge in [-0.1, -0.05) is 12.1 Å². The number of carbonyl (C=O) groups excluding carboxylic acids is 1. The van der Waals surface area contributed by atoms with Crippen LogP contribution in [0.3, 0.4) is 0 Å². The van der Waals surface area contributed by atoms with Gasteiger partial charge in [0.15, 0.2) is 5.78 Å². The van der Waals surface area contributed by atoms with Crippen molar-refractivity contribution in [3.05, 3.63) is 29.8 Å². The number of aliphatic hydroxyl groups is 1. The fourth-order valence-corrected chi connectivity index (χ4v) is 1.60. The van der Waals surface area contributed by atoms with E-state index >= 15 is 0 Å². The van der Waals surface area contributed by atoms with Gasteiger partial charge in [0.1, 0.15) is 18.0 Å². The van der Waals surface area contributed by atoms with E-state index in [2.05, 4.69) is 0 Å². The number of hydrogen-bond acceptors (Lipinski definition) is 4. The molecule has 1 fully saturated rings. The number of rotatable bonds is 3. The molecule has 1 N–H and O–H groups in total. The predicted octanol–water partition coefficient (Wildman–Crippen LogP) is 1.03. The minimum Gasteiger partial charge on any atom is -0.485 e. The van der Waals surface area contributed by atoms with Gasteiger partial charge < -0.3 is 14.6 Å². The van der Waals surface area contributed by atoms with Crippen molar-refractivity contribution in [2.24, 2.45) is 0 Å². The summed E-state index contributed by atoms with van der Waals surface area (Å²) in [6, 6.07) is 6.93. The lowest BCUT2D eigenvalue weighted by Crippen LogP contribution is -2.29. The number of hydrogen-bond donors (Lipinski definition) is 1. The fraction of sp³-hybridized carbons (Fsp3) is 0.417. The maximum absolute atomic E-state index is 11.2. The van der Waals surface area contributed by atoms with Crippen LogP contribution in [0.25, 0.3) is 0 Å². The number of aliphatic hydroxyl groups excluding tert-OH is 1. The zero-order chi connectivity index (χ0) is 11.5. The zero-order valence-electron chi connectivity index (χ0n) is 9.05. The average Bonchev–Trinajstić information content (AvgIpc) is 2.65. The molecule has 0 radical (unpaired) electrons. The molecule has 0 saturated carbocycles. The second-order valence-electron chi connectivity index (χ2n) is 3.85. The van der Waals surface area contributed by atoms with Crippen LogP contribution in [0.1, 0.15) is 17.3 Å². The summed E-state index contributed by atoms with van der Waals surface area (Å²) in [4.78, 5) is 11.2. The highest BCUT2D eigenvalue weighted by Crippen LogP contribution is 2.18. The fourth-order valence-electron chi connectivity index (χ4n) is 1.60. The van der Waals surface area contributed by atoms with Gasteiger partial charge in [-0.25, -0.2) is 0 Å². The first-order valence-corrected chi connectivity index (χ1v) is 5.20. The van der Waals surface area contributed by atoms with Crippen molar-refractivity contribution in [2.45, 2.75) is 19.1 Å². The number of benzene rings is 1. The lowest BCUT2D eigenvalue weighted by atomic mass is 10.1. The van der Waals surface area contributed by atoms with E-state index in [4.69, 9.17) is 9.47 Å². The molecule has 1 aromatic carbocycles. The molecule has 2 atom stereocenters. The average molecular weight is 222 g/mol. The number of ether oxygens (including phenoxy) is 2. The summed E-state index contributed by atoms with van der Waals surface area (Å²) < 4.78 is 10.6. The van der Waals surface area contributed by atoms with Gasteiger partial charge in [0.05, 0.1) is 13.2 Å². The van der Waals surface area contributed by atoms with E-state index in [1.54, 1.807) is 24.3 Å². The Bertz CT molecular complexity index is 388. The SMILES string of the molecule is CC(=O)c1cccc(O[C@H]2COC[C@@H]2O)c1. The van der Waals surface area contributed by atoms with Crippen LogP contribution in [0, 0.1) is 0 Å². The van der Waals surface area contributed by atoms with E-state index in [9.17, 15) is 9.90 Å². The van der Waals surface area contributed by atoms with E-state index in [0.29, 0.717) is 24.5 Å². The first-order chi connectivity index (χ1) is 7.66. The smallest absolute Gasteiger partial charge is 0.159 e. The summed E-state index contributed by atoms with van der Waals surface area (Å²) in [7, 11) is 0. The molecule has 0 amide bonds. The van der Waals surface area contributed by atoms with E-state index in [1.807, 2.05) is 0 Å². The van der Waals surface area contributed by atoms with Gasteiger partial charge in [-0.3, -0.25) is 4.79 Å². The lowest BCUT2D eigenvalue weighted by molar-refractivity contribution is 0.0732. The summed E-state index contributed by atoms with van der Waals surface area (Å²) in [6.07, 6.45) is -0.941. The second-order valence-corrected chi connectivity index (χ2v) is 3.85. The highest BCUT2D eigenvalue weighted by Gasteiger charge is 2.27. The molecule has 1 aromatic rings. The van der Waals surface area contributed by atoms with Crippen LogP contribution >= 0.6 is 0 Å². The molecule has 0 aromatic heterocycles. The van der Waals surface area contributed by atoms with Crippen molar-refractivity contribution in [3.8, 4) is 5.75 Å². The van der Waals surface area contributed by atoms with Crippen LogP contribution in [-0.4, -0.2) is 36.3 Å². The molecular formula is C12H14O4. The van der Waals surface area contributed by atoms with Crippen LogP contribution in [0.5, 0.6) is 5.75 Å². The molecular weight excluding hydrogens is 208 g/mol. The minimum atomic E-state index is -0.596. The van der Waals surface area contributed by atoms with Crippen molar-refractivity contribution >= 4 is 5.78 Å². The molecule has 1 aliphatic heterocycles. The van der Waals surface area contributed by atoms with E-state index in [-0.39, 0.29) is 11.9 Å². The molecule has 0 spiro atoms. The number of ketones is 1. The third kappa shape index (κ3) is 2.40. The maximum atomic E-state index is 11.2. The Balaban J connectivity index is 2.09. The van der Waals surface area contributed by atoms with Crippen LogP contribution in [0.4, 0.5) is 0 Å². The molecule has 1 heterocycles. The van der Waals surface area contributed by atoms with Crippen molar-refractivity contribution < 1.29 is 19.4 Å². The molecule has 1 aliphatic rings. The highest BCUT2D eigenvalue weighted by atomic mass is 16.6. The largest absolute Gasteiger partial charge is 0.485 e. The normalized spacial score (nSPS) is 24.4. The monoisotopic (exact) mass is 222 g/mol. The van der Waals surface area contributed by atoms with Gasteiger partial charge in [0.2, 0.25) is 0 Å². The maximum Gasteiger partial charge on any atom is 0.159 e. The first kappa shape index (κ1) is 11.1. The highest BCUT2D eigenvalue weighted by molar-refractivity contribution is 5.94. The molecule has 16 heavy (non-hydrogen) atoms. The molecule has 2 rings (SSSR count). The molecule has 0 unspecified atom stereocenters. The van der Waals surface area contributed by atoms with Crippen molar-refractivity contribution in [2.75, 3.05) is 13.2 Å². The Morgan fingerprint density at radius 2 is 2.31 bits per heavy atom. The summed E-state index contributed by atoms with van der Waals surface area (Å²) in [5.74, 6) is 0.580. The Morgan fingerprint density at radius 3 is 2.94 bits per heavy atom. The van der Waals surface area contributed by atoms with Gasteiger partial charge in [0, 0.05) is 5.56 Å². The van der Waals surface area contributed by atoms with Crippen molar-refractivity contribution in [3.63, 3.8) is 0 Å². The van der Waals surface area contributed by atoms with E-state index in [0.717, 1.165) is 0 Å². The molecule has 4 nitrogen and oxygen atoms in total. The molecule has 0 aliphatic carbocycles. The first-order valence-electron chi connectivity index (χ1n) is 5.20. The number of carbonyl (C=O) groups is 1. The van der Waals surface area contributed by atoms with E-state index in [1.165, 1.54) is 6.92 Å². The molecule has 1 saturated heterocycles. The van der Waals surface area contributed by atoms with Crippen LogP contribution in [0.2, 0.25) is 0 Å². The quantitative estimate of drug-likeness (QED) is 0.776. The standard InChI is InChI=1S/C12H14O4/c1-8(13)9-3-2-4-10(5-9)16-12-7-15-6-11(12)14/h2-5,11-12,14H,6-7H2,1H3/t11-,12-/m0/s1. The van der Waals surface area contributed by atoms with Crippen LogP contribution in [-0.2, 0) is 4.74 Å². The van der Waals surface area contributed by atoms with Crippen molar-refractivity contribution in [1.82, 2.24) is 0 Å². The molecule has 4 heteroatoms.